The van der Waals surface area contributed by atoms with Gasteiger partial charge in [0.1, 0.15) is 0 Å². The lowest BCUT2D eigenvalue weighted by Gasteiger charge is -2.20. The maximum atomic E-state index is 12.8. The van der Waals surface area contributed by atoms with Crippen molar-refractivity contribution in [3.05, 3.63) is 89.1 Å². The number of pyridine rings is 1. The third-order valence-corrected chi connectivity index (χ3v) is 7.26. The second-order valence-corrected chi connectivity index (χ2v) is 11.1. The Hall–Kier alpha value is -6.11. The van der Waals surface area contributed by atoms with E-state index in [1.54, 1.807) is 6.07 Å². The van der Waals surface area contributed by atoms with Gasteiger partial charge in [-0.05, 0) is 55.5 Å². The molecule has 0 fully saturated rings. The van der Waals surface area contributed by atoms with Gasteiger partial charge in [0.2, 0.25) is 5.91 Å². The van der Waals surface area contributed by atoms with Crippen molar-refractivity contribution in [2.45, 2.75) is 58.6 Å². The van der Waals surface area contributed by atoms with Crippen molar-refractivity contribution in [2.75, 3.05) is 18.5 Å². The number of ether oxygens (including phenoxy) is 2. The van der Waals surface area contributed by atoms with Gasteiger partial charge in [0, 0.05) is 29.9 Å². The molecule has 1 heterocycles. The number of hydrogen-bond acceptors (Lipinski definition) is 9. The number of amides is 2. The molecule has 0 bridgehead atoms. The van der Waals surface area contributed by atoms with Gasteiger partial charge < -0.3 is 41.8 Å². The SMILES string of the molecule is CCOc1cc2ncc(C(N)=O)c(Nc3cccc(CNC(=O)[C@H](N)Cc4ccccc4)c3CC)c2cc1OCC.O=C(O)C(F)(F)F.O=C(O)C(F)(F)F. The third kappa shape index (κ3) is 13.7. The van der Waals surface area contributed by atoms with Crippen molar-refractivity contribution in [1.29, 1.82) is 0 Å². The predicted octanol–water partition coefficient (Wildman–Crippen LogP) is 5.89. The number of benzene rings is 3. The molecule has 0 aliphatic rings. The van der Waals surface area contributed by atoms with Gasteiger partial charge in [0.25, 0.3) is 5.91 Å². The van der Waals surface area contributed by atoms with Crippen molar-refractivity contribution in [1.82, 2.24) is 10.3 Å². The Bertz CT molecular complexity index is 1920. The van der Waals surface area contributed by atoms with E-state index in [1.807, 2.05) is 75.4 Å². The second kappa shape index (κ2) is 20.4. The monoisotopic (exact) mass is 783 g/mol. The number of hydrogen-bond donors (Lipinski definition) is 6. The number of nitrogens with one attached hydrogen (secondary N) is 2. The standard InChI is InChI=1S/C32H37N5O4.2C2HF3O2/c1-4-22-21(18-36-32(39)25(33)15-20-11-8-7-9-12-20)13-10-14-26(22)37-30-23-16-28(40-5-2)29(41-6-3)17-27(23)35-19-24(30)31(34)38;2*3-2(4,5)1(6)7/h7-14,16-17,19,25H,4-6,15,18,33H2,1-3H3,(H2,34,38)(H,35,37)(H,36,39);2*(H,6,7)/t25-;;/m1../s1. The minimum Gasteiger partial charge on any atom is -0.490 e. The molecule has 13 nitrogen and oxygen atoms in total. The van der Waals surface area contributed by atoms with Crippen molar-refractivity contribution < 1.29 is 65.2 Å². The van der Waals surface area contributed by atoms with Gasteiger partial charge in [-0.1, -0.05) is 49.4 Å². The zero-order chi connectivity index (χ0) is 41.5. The van der Waals surface area contributed by atoms with Crippen LogP contribution >= 0.6 is 0 Å². The van der Waals surface area contributed by atoms with E-state index in [-0.39, 0.29) is 11.5 Å². The van der Waals surface area contributed by atoms with E-state index in [4.69, 9.17) is 40.7 Å². The van der Waals surface area contributed by atoms with E-state index >= 15 is 0 Å². The van der Waals surface area contributed by atoms with Crippen LogP contribution in [0.4, 0.5) is 37.7 Å². The van der Waals surface area contributed by atoms with Gasteiger partial charge in [-0.15, -0.1) is 0 Å². The van der Waals surface area contributed by atoms with Crippen LogP contribution < -0.4 is 31.6 Å². The summed E-state index contributed by atoms with van der Waals surface area (Å²) < 4.78 is 75.1. The molecule has 3 aromatic carbocycles. The normalized spacial score (nSPS) is 11.5. The highest BCUT2D eigenvalue weighted by molar-refractivity contribution is 6.08. The van der Waals surface area contributed by atoms with Crippen molar-refractivity contribution in [2.24, 2.45) is 11.5 Å². The van der Waals surface area contributed by atoms with Crippen LogP contribution in [-0.2, 0) is 33.8 Å². The summed E-state index contributed by atoms with van der Waals surface area (Å²) in [4.78, 5) is 47.5. The molecule has 55 heavy (non-hydrogen) atoms. The molecule has 0 aliphatic carbocycles. The first-order valence-corrected chi connectivity index (χ1v) is 16.3. The first-order valence-electron chi connectivity index (χ1n) is 16.3. The minimum atomic E-state index is -5.08. The number of nitrogens with zero attached hydrogens (tertiary/aromatic N) is 1. The molecule has 0 saturated carbocycles. The molecule has 0 spiro atoms. The van der Waals surface area contributed by atoms with Crippen molar-refractivity contribution in [3.63, 3.8) is 0 Å². The first kappa shape index (κ1) is 45.0. The molecular formula is C36H39F6N5O8. The summed E-state index contributed by atoms with van der Waals surface area (Å²) in [5.74, 6) is -5.22. The maximum absolute atomic E-state index is 12.8. The zero-order valence-corrected chi connectivity index (χ0v) is 29.7. The van der Waals surface area contributed by atoms with Crippen LogP contribution in [0.2, 0.25) is 0 Å². The summed E-state index contributed by atoms with van der Waals surface area (Å²) in [6.45, 7) is 7.05. The molecule has 8 N–H and O–H groups in total. The van der Waals surface area contributed by atoms with Crippen LogP contribution in [0.5, 0.6) is 11.5 Å². The Balaban J connectivity index is 0.000000633. The van der Waals surface area contributed by atoms with Crippen LogP contribution in [0.3, 0.4) is 0 Å². The van der Waals surface area contributed by atoms with E-state index in [0.717, 1.165) is 22.4 Å². The Morgan fingerprint density at radius 2 is 1.38 bits per heavy atom. The summed E-state index contributed by atoms with van der Waals surface area (Å²) in [6, 6.07) is 18.4. The number of rotatable bonds is 13. The van der Waals surface area contributed by atoms with Crippen LogP contribution in [0, 0.1) is 0 Å². The number of carbonyl (C=O) groups excluding carboxylic acids is 2. The Morgan fingerprint density at radius 3 is 1.87 bits per heavy atom. The summed E-state index contributed by atoms with van der Waals surface area (Å²) in [5, 5.41) is 21.3. The quantitative estimate of drug-likeness (QED) is 0.0879. The number of alkyl halides is 6. The number of nitrogens with two attached hydrogens (primary N) is 2. The number of primary amides is 1. The van der Waals surface area contributed by atoms with E-state index in [2.05, 4.69) is 15.6 Å². The number of carbonyl (C=O) groups is 4. The number of carboxylic acid groups (broad SMARTS) is 2. The molecule has 1 atom stereocenters. The topological polar surface area (TPSA) is 216 Å². The average molecular weight is 784 g/mol. The minimum absolute atomic E-state index is 0.223. The number of halogens is 6. The summed E-state index contributed by atoms with van der Waals surface area (Å²) >= 11 is 0. The molecule has 1 aromatic heterocycles. The molecule has 19 heteroatoms. The van der Waals surface area contributed by atoms with E-state index in [0.29, 0.717) is 60.7 Å². The Kier molecular flexibility index (Phi) is 16.7. The van der Waals surface area contributed by atoms with Crippen molar-refractivity contribution in [3.8, 4) is 11.5 Å². The highest BCUT2D eigenvalue weighted by atomic mass is 19.4. The lowest BCUT2D eigenvalue weighted by atomic mass is 10.0. The molecule has 0 radical (unpaired) electrons. The maximum Gasteiger partial charge on any atom is 0.490 e. The zero-order valence-electron chi connectivity index (χ0n) is 29.7. The number of aromatic nitrogens is 1. The molecule has 298 valence electrons. The molecule has 0 aliphatic heterocycles. The van der Waals surface area contributed by atoms with Crippen molar-refractivity contribution >= 4 is 46.0 Å². The molecule has 4 aromatic rings. The van der Waals surface area contributed by atoms with Crippen LogP contribution in [0.1, 0.15) is 47.8 Å². The smallest absolute Gasteiger partial charge is 0.490 e. The molecule has 0 unspecified atom stereocenters. The van der Waals surface area contributed by atoms with E-state index in [9.17, 15) is 35.9 Å². The summed E-state index contributed by atoms with van der Waals surface area (Å²) in [6.07, 6.45) is -7.57. The fourth-order valence-corrected chi connectivity index (χ4v) is 4.80. The van der Waals surface area contributed by atoms with Gasteiger partial charge in [-0.25, -0.2) is 9.59 Å². The lowest BCUT2D eigenvalue weighted by molar-refractivity contribution is -0.193. The number of anilines is 2. The fourth-order valence-electron chi connectivity index (χ4n) is 4.80. The first-order chi connectivity index (χ1) is 25.7. The summed E-state index contributed by atoms with van der Waals surface area (Å²) in [7, 11) is 0. The average Bonchev–Trinajstić information content (AvgIpc) is 3.11. The van der Waals surface area contributed by atoms with Crippen LogP contribution in [0.25, 0.3) is 10.9 Å². The van der Waals surface area contributed by atoms with Gasteiger partial charge in [-0.2, -0.15) is 26.3 Å². The number of carboxylic acids is 2. The highest BCUT2D eigenvalue weighted by Crippen LogP contribution is 2.38. The van der Waals surface area contributed by atoms with Gasteiger partial charge in [0.15, 0.2) is 11.5 Å². The van der Waals surface area contributed by atoms with E-state index < -0.39 is 36.2 Å². The van der Waals surface area contributed by atoms with Crippen LogP contribution in [0.15, 0.2) is 66.9 Å². The molecule has 4 rings (SSSR count). The largest absolute Gasteiger partial charge is 0.490 e. The Labute approximate surface area is 310 Å². The fraction of sp³-hybridized carbons (Fsp3) is 0.306. The predicted molar refractivity (Wildman–Crippen MR) is 189 cm³/mol. The van der Waals surface area contributed by atoms with Gasteiger partial charge in [-0.3, -0.25) is 14.6 Å². The highest BCUT2D eigenvalue weighted by Gasteiger charge is 2.39. The Morgan fingerprint density at radius 1 is 0.836 bits per heavy atom. The number of aliphatic carboxylic acids is 2. The number of fused-ring (bicyclic) bond motifs is 1. The van der Waals surface area contributed by atoms with Gasteiger partial charge >= 0.3 is 24.3 Å². The third-order valence-electron chi connectivity index (χ3n) is 7.26. The van der Waals surface area contributed by atoms with Gasteiger partial charge in [0.05, 0.1) is 36.0 Å². The van der Waals surface area contributed by atoms with Crippen LogP contribution in [-0.4, -0.2) is 70.6 Å². The second-order valence-electron chi connectivity index (χ2n) is 11.1. The molecule has 2 amide bonds. The summed E-state index contributed by atoms with van der Waals surface area (Å²) in [5.41, 5.74) is 17.1. The molecule has 0 saturated heterocycles. The van der Waals surface area contributed by atoms with E-state index in [1.165, 1.54) is 6.20 Å². The lowest BCUT2D eigenvalue weighted by Crippen LogP contribution is -2.41. The molecular weight excluding hydrogens is 744 g/mol.